The minimum Gasteiger partial charge on any atom is -0.497 e. The highest BCUT2D eigenvalue weighted by Gasteiger charge is 2.17. The maximum atomic E-state index is 11.5. The first-order valence-electron chi connectivity index (χ1n) is 5.94. The van der Waals surface area contributed by atoms with Crippen LogP contribution in [0.25, 0.3) is 0 Å². The van der Waals surface area contributed by atoms with Gasteiger partial charge in [-0.1, -0.05) is 12.1 Å². The number of hydrogen-bond acceptors (Lipinski definition) is 4. The number of nitrogens with one attached hydrogen (secondary N) is 2. The molecule has 0 aliphatic rings. The Bertz CT molecular complexity index is 462. The van der Waals surface area contributed by atoms with Crippen molar-refractivity contribution in [2.75, 3.05) is 7.11 Å². The standard InChI is InChI=1S/C13H19N3O3/c1-8(10-5-4-6-11(7-10)19-3)15-9(2)12(17)16-13(14)18/h4-9,15H,1-3H3,(H3,14,16,17,18)/t8-,9?/m0/s1. The number of carbonyl (C=O) groups excluding carboxylic acids is 2. The van der Waals surface area contributed by atoms with Crippen LogP contribution in [0.2, 0.25) is 0 Å². The third-order valence-electron chi connectivity index (χ3n) is 2.73. The van der Waals surface area contributed by atoms with Crippen molar-refractivity contribution < 1.29 is 14.3 Å². The maximum absolute atomic E-state index is 11.5. The van der Waals surface area contributed by atoms with Crippen molar-refractivity contribution in [2.24, 2.45) is 5.73 Å². The predicted octanol–water partition coefficient (Wildman–Crippen LogP) is 0.929. The molecule has 0 saturated carbocycles. The lowest BCUT2D eigenvalue weighted by molar-refractivity contribution is -0.121. The first-order valence-corrected chi connectivity index (χ1v) is 5.94. The first kappa shape index (κ1) is 15.0. The lowest BCUT2D eigenvalue weighted by atomic mass is 10.1. The first-order chi connectivity index (χ1) is 8.93. The van der Waals surface area contributed by atoms with Crippen molar-refractivity contribution in [2.45, 2.75) is 25.9 Å². The van der Waals surface area contributed by atoms with Crippen molar-refractivity contribution in [1.29, 1.82) is 0 Å². The molecule has 19 heavy (non-hydrogen) atoms. The van der Waals surface area contributed by atoms with E-state index >= 15 is 0 Å². The number of urea groups is 1. The second-order valence-corrected chi connectivity index (χ2v) is 4.24. The van der Waals surface area contributed by atoms with Crippen LogP contribution in [0.4, 0.5) is 4.79 Å². The molecule has 0 aliphatic heterocycles. The summed E-state index contributed by atoms with van der Waals surface area (Å²) in [6.07, 6.45) is 0. The van der Waals surface area contributed by atoms with Gasteiger partial charge in [0, 0.05) is 6.04 Å². The highest BCUT2D eigenvalue weighted by Crippen LogP contribution is 2.19. The Hall–Kier alpha value is -2.08. The van der Waals surface area contributed by atoms with Crippen LogP contribution in [0, 0.1) is 0 Å². The molecule has 0 bridgehead atoms. The van der Waals surface area contributed by atoms with Gasteiger partial charge in [0.05, 0.1) is 13.2 Å². The number of benzene rings is 1. The summed E-state index contributed by atoms with van der Waals surface area (Å²) < 4.78 is 5.14. The van der Waals surface area contributed by atoms with E-state index in [1.165, 1.54) is 0 Å². The summed E-state index contributed by atoms with van der Waals surface area (Å²) in [4.78, 5) is 22.1. The molecule has 6 nitrogen and oxygen atoms in total. The average molecular weight is 265 g/mol. The summed E-state index contributed by atoms with van der Waals surface area (Å²) in [7, 11) is 1.60. The van der Waals surface area contributed by atoms with E-state index in [2.05, 4.69) is 5.32 Å². The summed E-state index contributed by atoms with van der Waals surface area (Å²) in [6.45, 7) is 3.58. The zero-order valence-electron chi connectivity index (χ0n) is 11.3. The largest absolute Gasteiger partial charge is 0.497 e. The molecule has 1 aromatic carbocycles. The van der Waals surface area contributed by atoms with E-state index in [0.29, 0.717) is 0 Å². The number of ether oxygens (including phenoxy) is 1. The Kier molecular flexibility index (Phi) is 5.32. The number of imide groups is 1. The van der Waals surface area contributed by atoms with Crippen molar-refractivity contribution in [3.05, 3.63) is 29.8 Å². The number of primary amides is 1. The molecule has 0 fully saturated rings. The SMILES string of the molecule is COc1cccc([C@H](C)NC(C)C(=O)NC(N)=O)c1. The molecule has 0 aromatic heterocycles. The van der Waals surface area contributed by atoms with E-state index < -0.39 is 18.0 Å². The Morgan fingerprint density at radius 3 is 2.58 bits per heavy atom. The van der Waals surface area contributed by atoms with Gasteiger partial charge in [0.25, 0.3) is 0 Å². The molecule has 1 unspecified atom stereocenters. The van der Waals surface area contributed by atoms with Crippen LogP contribution in [-0.2, 0) is 4.79 Å². The Morgan fingerprint density at radius 1 is 1.32 bits per heavy atom. The number of hydrogen-bond donors (Lipinski definition) is 3. The summed E-state index contributed by atoms with van der Waals surface area (Å²) in [5, 5.41) is 5.11. The molecule has 104 valence electrons. The fraction of sp³-hybridized carbons (Fsp3) is 0.385. The lowest BCUT2D eigenvalue weighted by Gasteiger charge is -2.19. The van der Waals surface area contributed by atoms with Gasteiger partial charge >= 0.3 is 6.03 Å². The molecule has 4 N–H and O–H groups in total. The van der Waals surface area contributed by atoms with Gasteiger partial charge in [-0.25, -0.2) is 4.79 Å². The number of methoxy groups -OCH3 is 1. The van der Waals surface area contributed by atoms with E-state index in [1.54, 1.807) is 14.0 Å². The zero-order valence-corrected chi connectivity index (χ0v) is 11.3. The highest BCUT2D eigenvalue weighted by molar-refractivity contribution is 5.96. The third kappa shape index (κ3) is 4.59. The van der Waals surface area contributed by atoms with E-state index in [1.807, 2.05) is 36.5 Å². The van der Waals surface area contributed by atoms with Crippen molar-refractivity contribution >= 4 is 11.9 Å². The van der Waals surface area contributed by atoms with Gasteiger partial charge in [-0.15, -0.1) is 0 Å². The molecule has 3 amide bonds. The number of carbonyl (C=O) groups is 2. The Balaban J connectivity index is 2.65. The van der Waals surface area contributed by atoms with Crippen molar-refractivity contribution in [3.8, 4) is 5.75 Å². The molecule has 2 atom stereocenters. The Morgan fingerprint density at radius 2 is 2.00 bits per heavy atom. The molecule has 0 radical (unpaired) electrons. The van der Waals surface area contributed by atoms with Gasteiger partial charge in [-0.3, -0.25) is 15.4 Å². The maximum Gasteiger partial charge on any atom is 0.318 e. The van der Waals surface area contributed by atoms with Gasteiger partial charge in [-0.2, -0.15) is 0 Å². The van der Waals surface area contributed by atoms with Crippen LogP contribution >= 0.6 is 0 Å². The highest BCUT2D eigenvalue weighted by atomic mass is 16.5. The lowest BCUT2D eigenvalue weighted by Crippen LogP contribution is -2.47. The van der Waals surface area contributed by atoms with Crippen LogP contribution in [0.5, 0.6) is 5.75 Å². The zero-order chi connectivity index (χ0) is 14.4. The number of nitrogens with two attached hydrogens (primary N) is 1. The second kappa shape index (κ2) is 6.75. The van der Waals surface area contributed by atoms with Gasteiger partial charge in [0.15, 0.2) is 0 Å². The van der Waals surface area contributed by atoms with Crippen molar-refractivity contribution in [1.82, 2.24) is 10.6 Å². The minimum absolute atomic E-state index is 0.0660. The molecule has 1 rings (SSSR count). The van der Waals surface area contributed by atoms with Crippen LogP contribution in [-0.4, -0.2) is 25.1 Å². The van der Waals surface area contributed by atoms with Gasteiger partial charge < -0.3 is 10.5 Å². The summed E-state index contributed by atoms with van der Waals surface area (Å²) in [6, 6.07) is 6.08. The van der Waals surface area contributed by atoms with Crippen LogP contribution < -0.4 is 21.1 Å². The molecule has 0 saturated heterocycles. The number of rotatable bonds is 5. The fourth-order valence-electron chi connectivity index (χ4n) is 1.69. The monoisotopic (exact) mass is 265 g/mol. The van der Waals surface area contributed by atoms with Crippen LogP contribution in [0.3, 0.4) is 0 Å². The topological polar surface area (TPSA) is 93.4 Å². The van der Waals surface area contributed by atoms with E-state index in [4.69, 9.17) is 10.5 Å². The molecule has 0 heterocycles. The summed E-state index contributed by atoms with van der Waals surface area (Å²) >= 11 is 0. The molecular formula is C13H19N3O3. The van der Waals surface area contributed by atoms with E-state index in [-0.39, 0.29) is 6.04 Å². The van der Waals surface area contributed by atoms with E-state index in [9.17, 15) is 9.59 Å². The molecular weight excluding hydrogens is 246 g/mol. The van der Waals surface area contributed by atoms with Crippen molar-refractivity contribution in [3.63, 3.8) is 0 Å². The van der Waals surface area contributed by atoms with Gasteiger partial charge in [-0.05, 0) is 31.5 Å². The summed E-state index contributed by atoms with van der Waals surface area (Å²) in [5.74, 6) is 0.294. The molecule has 0 aliphatic carbocycles. The normalized spacial score (nSPS) is 13.4. The van der Waals surface area contributed by atoms with Crippen LogP contribution in [0.15, 0.2) is 24.3 Å². The fourth-order valence-corrected chi connectivity index (χ4v) is 1.69. The summed E-state index contributed by atoms with van der Waals surface area (Å²) in [5.41, 5.74) is 5.88. The number of amides is 3. The average Bonchev–Trinajstić information content (AvgIpc) is 2.37. The quantitative estimate of drug-likeness (QED) is 0.738. The third-order valence-corrected chi connectivity index (χ3v) is 2.73. The van der Waals surface area contributed by atoms with Crippen LogP contribution in [0.1, 0.15) is 25.5 Å². The van der Waals surface area contributed by atoms with Gasteiger partial charge in [0.2, 0.25) is 5.91 Å². The smallest absolute Gasteiger partial charge is 0.318 e. The van der Waals surface area contributed by atoms with E-state index in [0.717, 1.165) is 11.3 Å². The van der Waals surface area contributed by atoms with Gasteiger partial charge in [0.1, 0.15) is 5.75 Å². The predicted molar refractivity (Wildman–Crippen MR) is 71.7 cm³/mol. The minimum atomic E-state index is -0.854. The molecule has 1 aromatic rings. The molecule has 6 heteroatoms. The molecule has 0 spiro atoms. The Labute approximate surface area is 112 Å². The second-order valence-electron chi connectivity index (χ2n) is 4.24.